The average molecular weight is 334 g/mol. The first kappa shape index (κ1) is 17.6. The molecule has 0 bridgehead atoms. The maximum absolute atomic E-state index is 13.4. The number of carbonyl (C=O) groups is 2. The van der Waals surface area contributed by atoms with Gasteiger partial charge in [0.1, 0.15) is 0 Å². The molecule has 0 saturated carbocycles. The second-order valence-corrected chi connectivity index (χ2v) is 5.19. The van der Waals surface area contributed by atoms with Crippen LogP contribution in [0.15, 0.2) is 42.5 Å². The van der Waals surface area contributed by atoms with Crippen molar-refractivity contribution in [1.82, 2.24) is 5.32 Å². The summed E-state index contributed by atoms with van der Waals surface area (Å²) in [6.45, 7) is 1.70. The van der Waals surface area contributed by atoms with Crippen LogP contribution in [0.3, 0.4) is 0 Å². The lowest BCUT2D eigenvalue weighted by atomic mass is 10.1. The number of nitrogens with one attached hydrogen (secondary N) is 2. The van der Waals surface area contributed by atoms with Crippen molar-refractivity contribution in [3.05, 3.63) is 65.2 Å². The highest BCUT2D eigenvalue weighted by molar-refractivity contribution is 6.39. The highest BCUT2D eigenvalue weighted by Gasteiger charge is 2.18. The fraction of sp³-hybridized carbons (Fsp3) is 0.176. The minimum Gasteiger partial charge on any atom is -0.387 e. The van der Waals surface area contributed by atoms with Gasteiger partial charge in [-0.15, -0.1) is 0 Å². The maximum Gasteiger partial charge on any atom is 0.313 e. The summed E-state index contributed by atoms with van der Waals surface area (Å²) in [4.78, 5) is 23.4. The van der Waals surface area contributed by atoms with E-state index in [-0.39, 0.29) is 6.54 Å². The smallest absolute Gasteiger partial charge is 0.313 e. The van der Waals surface area contributed by atoms with Gasteiger partial charge in [-0.2, -0.15) is 0 Å². The van der Waals surface area contributed by atoms with Crippen LogP contribution in [-0.4, -0.2) is 23.5 Å². The van der Waals surface area contributed by atoms with Crippen LogP contribution >= 0.6 is 0 Å². The molecule has 0 saturated heterocycles. The van der Waals surface area contributed by atoms with E-state index < -0.39 is 35.2 Å². The van der Waals surface area contributed by atoms with E-state index in [1.54, 1.807) is 24.3 Å². The third-order valence-electron chi connectivity index (χ3n) is 3.32. The predicted molar refractivity (Wildman–Crippen MR) is 84.1 cm³/mol. The molecule has 24 heavy (non-hydrogen) atoms. The Bertz CT molecular complexity index is 748. The fourth-order valence-electron chi connectivity index (χ4n) is 1.96. The summed E-state index contributed by atoms with van der Waals surface area (Å²) in [6, 6.07) is 10.2. The number of hydrogen-bond acceptors (Lipinski definition) is 3. The zero-order valence-corrected chi connectivity index (χ0v) is 12.8. The molecule has 0 fully saturated rings. The molecule has 7 heteroatoms. The summed E-state index contributed by atoms with van der Waals surface area (Å²) in [5.41, 5.74) is 1.16. The molecule has 5 nitrogen and oxygen atoms in total. The summed E-state index contributed by atoms with van der Waals surface area (Å²) in [5, 5.41) is 14.2. The molecule has 0 radical (unpaired) electrons. The number of carbonyl (C=O) groups excluding carboxylic acids is 2. The normalized spacial score (nSPS) is 11.7. The molecule has 2 aromatic rings. The van der Waals surface area contributed by atoms with Gasteiger partial charge < -0.3 is 15.7 Å². The first-order chi connectivity index (χ1) is 11.4. The van der Waals surface area contributed by atoms with Crippen molar-refractivity contribution in [3.8, 4) is 0 Å². The first-order valence-corrected chi connectivity index (χ1v) is 7.16. The third kappa shape index (κ3) is 4.36. The molecule has 0 aliphatic rings. The largest absolute Gasteiger partial charge is 0.387 e. The molecule has 0 aliphatic carbocycles. The molecule has 126 valence electrons. The van der Waals surface area contributed by atoms with Crippen LogP contribution in [0.4, 0.5) is 14.5 Å². The van der Waals surface area contributed by atoms with Crippen molar-refractivity contribution in [2.75, 3.05) is 11.9 Å². The van der Waals surface area contributed by atoms with E-state index in [9.17, 15) is 23.5 Å². The zero-order chi connectivity index (χ0) is 17.7. The monoisotopic (exact) mass is 334 g/mol. The van der Waals surface area contributed by atoms with Gasteiger partial charge in [-0.1, -0.05) is 35.9 Å². The summed E-state index contributed by atoms with van der Waals surface area (Å²) in [7, 11) is 0. The van der Waals surface area contributed by atoms with E-state index in [2.05, 4.69) is 5.32 Å². The number of amides is 2. The van der Waals surface area contributed by atoms with Crippen LogP contribution in [0.2, 0.25) is 0 Å². The lowest BCUT2D eigenvalue weighted by Crippen LogP contribution is -2.37. The summed E-state index contributed by atoms with van der Waals surface area (Å²) < 4.78 is 26.5. The standard InChI is InChI=1S/C17H16F2N2O3/c1-10-5-7-11(8-6-10)14(22)9-20-16(23)17(24)21-13-4-2-3-12(18)15(13)19/h2-8,14,22H,9H2,1H3,(H,20,23)(H,21,24)/t14-/m1/s1. The van der Waals surface area contributed by atoms with Crippen LogP contribution < -0.4 is 10.6 Å². The Morgan fingerprint density at radius 2 is 1.75 bits per heavy atom. The van der Waals surface area contributed by atoms with Crippen molar-refractivity contribution in [2.45, 2.75) is 13.0 Å². The molecule has 3 N–H and O–H groups in total. The fourth-order valence-corrected chi connectivity index (χ4v) is 1.96. The van der Waals surface area contributed by atoms with E-state index >= 15 is 0 Å². The first-order valence-electron chi connectivity index (χ1n) is 7.16. The second-order valence-electron chi connectivity index (χ2n) is 5.19. The van der Waals surface area contributed by atoms with Gasteiger partial charge in [-0.05, 0) is 24.6 Å². The second kappa shape index (κ2) is 7.65. The molecule has 1 atom stereocenters. The van der Waals surface area contributed by atoms with Gasteiger partial charge in [0.15, 0.2) is 11.6 Å². The molecule has 2 amide bonds. The molecule has 0 aromatic heterocycles. The van der Waals surface area contributed by atoms with E-state index in [0.717, 1.165) is 17.7 Å². The quantitative estimate of drug-likeness (QED) is 0.749. The number of anilines is 1. The SMILES string of the molecule is Cc1ccc([C@H](O)CNC(=O)C(=O)Nc2cccc(F)c2F)cc1. The van der Waals surface area contributed by atoms with Crippen molar-refractivity contribution in [3.63, 3.8) is 0 Å². The van der Waals surface area contributed by atoms with Crippen LogP contribution in [0.1, 0.15) is 17.2 Å². The summed E-state index contributed by atoms with van der Waals surface area (Å²) >= 11 is 0. The van der Waals surface area contributed by atoms with Gasteiger partial charge in [0.25, 0.3) is 0 Å². The van der Waals surface area contributed by atoms with Gasteiger partial charge in [-0.25, -0.2) is 8.78 Å². The Morgan fingerprint density at radius 3 is 2.42 bits per heavy atom. The molecule has 0 heterocycles. The molecule has 0 spiro atoms. The van der Waals surface area contributed by atoms with E-state index in [1.165, 1.54) is 6.07 Å². The van der Waals surface area contributed by atoms with Crippen molar-refractivity contribution in [2.24, 2.45) is 0 Å². The van der Waals surface area contributed by atoms with E-state index in [4.69, 9.17) is 0 Å². The van der Waals surface area contributed by atoms with Crippen LogP contribution in [0.5, 0.6) is 0 Å². The molecule has 0 unspecified atom stereocenters. The highest BCUT2D eigenvalue weighted by Crippen LogP contribution is 2.16. The topological polar surface area (TPSA) is 78.4 Å². The average Bonchev–Trinajstić information content (AvgIpc) is 2.57. The number of halogens is 2. The Labute approximate surface area is 137 Å². The number of hydrogen-bond donors (Lipinski definition) is 3. The maximum atomic E-state index is 13.4. The Kier molecular flexibility index (Phi) is 5.59. The lowest BCUT2D eigenvalue weighted by Gasteiger charge is -2.12. The number of aliphatic hydroxyl groups is 1. The number of aliphatic hydroxyl groups excluding tert-OH is 1. The molecule has 0 aliphatic heterocycles. The van der Waals surface area contributed by atoms with E-state index in [1.807, 2.05) is 12.2 Å². The van der Waals surface area contributed by atoms with Gasteiger partial charge in [0.2, 0.25) is 0 Å². The Hall–Kier alpha value is -2.80. The highest BCUT2D eigenvalue weighted by atomic mass is 19.2. The number of benzene rings is 2. The van der Waals surface area contributed by atoms with Gasteiger partial charge in [-0.3, -0.25) is 9.59 Å². The van der Waals surface area contributed by atoms with E-state index in [0.29, 0.717) is 5.56 Å². The third-order valence-corrected chi connectivity index (χ3v) is 3.32. The van der Waals surface area contributed by atoms with Crippen molar-refractivity contribution in [1.29, 1.82) is 0 Å². The van der Waals surface area contributed by atoms with Gasteiger partial charge >= 0.3 is 11.8 Å². The number of rotatable bonds is 4. The minimum atomic E-state index is -1.25. The summed E-state index contributed by atoms with van der Waals surface area (Å²) in [6.07, 6.45) is -0.992. The van der Waals surface area contributed by atoms with Crippen LogP contribution in [0.25, 0.3) is 0 Å². The Morgan fingerprint density at radius 1 is 1.08 bits per heavy atom. The van der Waals surface area contributed by atoms with Crippen LogP contribution in [0, 0.1) is 18.6 Å². The Balaban J connectivity index is 1.91. The van der Waals surface area contributed by atoms with Crippen molar-refractivity contribution >= 4 is 17.5 Å². The number of aryl methyl sites for hydroxylation is 1. The molecular formula is C17H16F2N2O3. The van der Waals surface area contributed by atoms with Gasteiger partial charge in [0, 0.05) is 6.54 Å². The van der Waals surface area contributed by atoms with Crippen molar-refractivity contribution < 1.29 is 23.5 Å². The summed E-state index contributed by atoms with van der Waals surface area (Å²) in [5.74, 6) is -4.61. The zero-order valence-electron chi connectivity index (χ0n) is 12.8. The minimum absolute atomic E-state index is 0.194. The van der Waals surface area contributed by atoms with Gasteiger partial charge in [0.05, 0.1) is 11.8 Å². The lowest BCUT2D eigenvalue weighted by molar-refractivity contribution is -0.136. The molecule has 2 aromatic carbocycles. The predicted octanol–water partition coefficient (Wildman–Crippen LogP) is 2.06. The van der Waals surface area contributed by atoms with Crippen LogP contribution in [-0.2, 0) is 9.59 Å². The molecular weight excluding hydrogens is 318 g/mol. The molecule has 2 rings (SSSR count).